The number of halogens is 2. The van der Waals surface area contributed by atoms with Crippen molar-refractivity contribution < 1.29 is 28.6 Å². The molecule has 0 saturated heterocycles. The average Bonchev–Trinajstić information content (AvgIpc) is 3.80. The van der Waals surface area contributed by atoms with Crippen LogP contribution in [0.25, 0.3) is 0 Å². The van der Waals surface area contributed by atoms with Gasteiger partial charge in [0.15, 0.2) is 0 Å². The fourth-order valence-electron chi connectivity index (χ4n) is 6.90. The van der Waals surface area contributed by atoms with Crippen LogP contribution in [0.1, 0.15) is 82.5 Å². The summed E-state index contributed by atoms with van der Waals surface area (Å²) < 4.78 is 31.8. The van der Waals surface area contributed by atoms with Crippen LogP contribution in [0.2, 0.25) is 5.02 Å². The summed E-state index contributed by atoms with van der Waals surface area (Å²) in [6, 6.07) is 17.3. The molecule has 9 nitrogen and oxygen atoms in total. The molecule has 1 amide bonds. The van der Waals surface area contributed by atoms with E-state index in [1.54, 1.807) is 85.7 Å². The Morgan fingerprint density at radius 1 is 1.22 bits per heavy atom. The summed E-state index contributed by atoms with van der Waals surface area (Å²) in [6.07, 6.45) is 5.05. The summed E-state index contributed by atoms with van der Waals surface area (Å²) >= 11 is 6.34. The zero-order valence-electron chi connectivity index (χ0n) is 27.2. The number of carbonyl (C=O) groups is 2. The monoisotopic (exact) mass is 682 g/mol. The van der Waals surface area contributed by atoms with E-state index in [0.717, 1.165) is 0 Å². The number of carbonyl (C=O) groups excluding carboxylic acids is 2. The van der Waals surface area contributed by atoms with Gasteiger partial charge in [0.1, 0.15) is 17.2 Å². The number of nitriles is 1. The standard InChI is InChI=1S/C38H36ClFN4O5/c1-4-16-48-22-33(25-8-6-24(20-41)7-9-25)44-36(46)31-17-27(37(47,5-2)34-21-43(3)23-42-34)18-32(40)35(31)38(44,26-10-12-28(39)13-11-26)49-30-15-14-29(45)19-30/h4,6-13,17-18,21,23,30,33,47H,1,5,14-16,19,22H2,2-3H3/t30-,33?,37?,38+/m0/s1. The van der Waals surface area contributed by atoms with Crippen LogP contribution in [-0.2, 0) is 32.6 Å². The van der Waals surface area contributed by atoms with Gasteiger partial charge in [0.2, 0.25) is 5.72 Å². The van der Waals surface area contributed by atoms with Gasteiger partial charge in [-0.1, -0.05) is 48.9 Å². The number of hydrogen-bond donors (Lipinski definition) is 1. The van der Waals surface area contributed by atoms with Gasteiger partial charge in [0.05, 0.1) is 60.1 Å². The Labute approximate surface area is 289 Å². The minimum atomic E-state index is -1.89. The van der Waals surface area contributed by atoms with Gasteiger partial charge in [-0.25, -0.2) is 9.37 Å². The number of nitrogens with zero attached hydrogens (tertiary/aromatic N) is 4. The molecule has 3 aromatic carbocycles. The first-order valence-electron chi connectivity index (χ1n) is 16.1. The van der Waals surface area contributed by atoms with Crippen LogP contribution in [-0.4, -0.2) is 50.6 Å². The largest absolute Gasteiger partial charge is 0.379 e. The molecule has 252 valence electrons. The summed E-state index contributed by atoms with van der Waals surface area (Å²) in [5.41, 5.74) is -1.78. The molecule has 4 atom stereocenters. The Balaban J connectivity index is 1.64. The van der Waals surface area contributed by atoms with Crippen molar-refractivity contribution in [3.8, 4) is 6.07 Å². The van der Waals surface area contributed by atoms with E-state index in [0.29, 0.717) is 40.2 Å². The molecule has 6 rings (SSSR count). The van der Waals surface area contributed by atoms with Gasteiger partial charge in [-0.05, 0) is 60.4 Å². The zero-order chi connectivity index (χ0) is 34.9. The van der Waals surface area contributed by atoms with E-state index >= 15 is 9.18 Å². The van der Waals surface area contributed by atoms with Crippen molar-refractivity contribution in [2.75, 3.05) is 13.2 Å². The predicted molar refractivity (Wildman–Crippen MR) is 180 cm³/mol. The van der Waals surface area contributed by atoms with Crippen LogP contribution in [0.4, 0.5) is 4.39 Å². The third kappa shape index (κ3) is 6.08. The van der Waals surface area contributed by atoms with E-state index in [1.807, 2.05) is 0 Å². The highest BCUT2D eigenvalue weighted by Gasteiger charge is 2.58. The Kier molecular flexibility index (Phi) is 9.56. The van der Waals surface area contributed by atoms with Crippen molar-refractivity contribution >= 4 is 23.3 Å². The molecule has 1 aromatic heterocycles. The Morgan fingerprint density at radius 3 is 2.55 bits per heavy atom. The summed E-state index contributed by atoms with van der Waals surface area (Å²) in [4.78, 5) is 33.4. The molecular formula is C38H36ClFN4O5. The summed E-state index contributed by atoms with van der Waals surface area (Å²) in [6.45, 7) is 5.63. The first kappa shape index (κ1) is 34.2. The van der Waals surface area contributed by atoms with Gasteiger partial charge >= 0.3 is 0 Å². The predicted octanol–water partition coefficient (Wildman–Crippen LogP) is 6.47. The Hall–Kier alpha value is -4.66. The summed E-state index contributed by atoms with van der Waals surface area (Å²) in [7, 11) is 1.76. The molecule has 2 heterocycles. The molecule has 1 N–H and O–H groups in total. The number of imidazole rings is 1. The minimum Gasteiger partial charge on any atom is -0.379 e. The number of fused-ring (bicyclic) bond motifs is 1. The number of aryl methyl sites for hydroxylation is 1. The van der Waals surface area contributed by atoms with Crippen LogP contribution >= 0.6 is 11.6 Å². The molecular weight excluding hydrogens is 647 g/mol. The number of benzene rings is 3. The number of hydrogen-bond acceptors (Lipinski definition) is 7. The molecule has 1 aliphatic heterocycles. The highest BCUT2D eigenvalue weighted by atomic mass is 35.5. The number of amides is 1. The number of ketones is 1. The lowest BCUT2D eigenvalue weighted by Crippen LogP contribution is -2.51. The lowest BCUT2D eigenvalue weighted by Gasteiger charge is -2.45. The van der Waals surface area contributed by atoms with Crippen LogP contribution in [0, 0.1) is 17.1 Å². The molecule has 49 heavy (non-hydrogen) atoms. The number of ether oxygens (including phenoxy) is 2. The highest BCUT2D eigenvalue weighted by Crippen LogP contribution is 2.53. The number of aromatic nitrogens is 2. The normalized spacial score (nSPS) is 20.6. The highest BCUT2D eigenvalue weighted by molar-refractivity contribution is 6.30. The second kappa shape index (κ2) is 13.7. The first-order valence-corrected chi connectivity index (χ1v) is 16.5. The molecule has 2 unspecified atom stereocenters. The van der Waals surface area contributed by atoms with E-state index in [2.05, 4.69) is 17.6 Å². The molecule has 0 spiro atoms. The van der Waals surface area contributed by atoms with Gasteiger partial charge in [0, 0.05) is 36.7 Å². The number of aliphatic hydroxyl groups is 1. The molecule has 0 bridgehead atoms. The number of Topliss-reactive ketones (excluding diaryl/α,β-unsaturated/α-hetero) is 1. The Bertz CT molecular complexity index is 1940. The van der Waals surface area contributed by atoms with Crippen LogP contribution in [0.5, 0.6) is 0 Å². The maximum atomic E-state index is 17.2. The lowest BCUT2D eigenvalue weighted by molar-refractivity contribution is -0.162. The Morgan fingerprint density at radius 2 is 1.96 bits per heavy atom. The van der Waals surface area contributed by atoms with Gasteiger partial charge in [0.25, 0.3) is 5.91 Å². The summed E-state index contributed by atoms with van der Waals surface area (Å²) in [5, 5.41) is 21.9. The van der Waals surface area contributed by atoms with E-state index < -0.39 is 35.2 Å². The van der Waals surface area contributed by atoms with Crippen molar-refractivity contribution in [3.63, 3.8) is 0 Å². The third-order valence-corrected chi connectivity index (χ3v) is 9.61. The molecule has 1 aliphatic carbocycles. The molecule has 2 aliphatic rings. The smallest absolute Gasteiger partial charge is 0.257 e. The average molecular weight is 683 g/mol. The molecule has 0 radical (unpaired) electrons. The minimum absolute atomic E-state index is 0.00417. The van der Waals surface area contributed by atoms with Crippen molar-refractivity contribution in [1.29, 1.82) is 5.26 Å². The van der Waals surface area contributed by atoms with Crippen molar-refractivity contribution in [3.05, 3.63) is 136 Å². The van der Waals surface area contributed by atoms with E-state index in [9.17, 15) is 15.2 Å². The van der Waals surface area contributed by atoms with Gasteiger partial charge < -0.3 is 19.1 Å². The maximum absolute atomic E-state index is 17.2. The molecule has 11 heteroatoms. The SMILES string of the molecule is C=CCOCC(c1ccc(C#N)cc1)N1C(=O)c2cc(C(O)(CC)c3cn(C)cn3)cc(F)c2[C@]1(O[C@H]1CCC(=O)C1)c1ccc(Cl)cc1. The fraction of sp³-hybridized carbons (Fsp3) is 0.316. The summed E-state index contributed by atoms with van der Waals surface area (Å²) in [5.74, 6) is -1.36. The van der Waals surface area contributed by atoms with Crippen LogP contribution in [0.15, 0.2) is 85.8 Å². The van der Waals surface area contributed by atoms with Gasteiger partial charge in [-0.15, -0.1) is 6.58 Å². The second-order valence-corrected chi connectivity index (χ2v) is 12.9. The van der Waals surface area contributed by atoms with E-state index in [-0.39, 0.29) is 48.5 Å². The fourth-order valence-corrected chi connectivity index (χ4v) is 7.03. The van der Waals surface area contributed by atoms with Crippen molar-refractivity contribution in [2.45, 2.75) is 56.1 Å². The quantitative estimate of drug-likeness (QED) is 0.134. The zero-order valence-corrected chi connectivity index (χ0v) is 28.0. The van der Waals surface area contributed by atoms with Crippen molar-refractivity contribution in [2.24, 2.45) is 7.05 Å². The molecule has 4 aromatic rings. The van der Waals surface area contributed by atoms with Crippen LogP contribution < -0.4 is 0 Å². The van der Waals surface area contributed by atoms with Gasteiger partial charge in [-0.2, -0.15) is 5.26 Å². The molecule has 1 fully saturated rings. The second-order valence-electron chi connectivity index (χ2n) is 12.4. The first-order chi connectivity index (χ1) is 23.5. The lowest BCUT2D eigenvalue weighted by atomic mass is 9.84. The van der Waals surface area contributed by atoms with Gasteiger partial charge in [-0.3, -0.25) is 14.5 Å². The van der Waals surface area contributed by atoms with E-state index in [1.165, 1.54) is 17.0 Å². The number of rotatable bonds is 12. The molecule has 1 saturated carbocycles. The topological polar surface area (TPSA) is 118 Å². The van der Waals surface area contributed by atoms with E-state index in [4.69, 9.17) is 21.1 Å². The maximum Gasteiger partial charge on any atom is 0.257 e. The van der Waals surface area contributed by atoms with Crippen LogP contribution in [0.3, 0.4) is 0 Å². The third-order valence-electron chi connectivity index (χ3n) is 9.36. The van der Waals surface area contributed by atoms with Crippen molar-refractivity contribution in [1.82, 2.24) is 14.5 Å².